The largest absolute Gasteiger partial charge is 0.490 e. The average Bonchev–Trinajstić information content (AvgIpc) is 2.82. The molecule has 0 aliphatic heterocycles. The summed E-state index contributed by atoms with van der Waals surface area (Å²) in [7, 11) is 0. The van der Waals surface area contributed by atoms with Crippen LogP contribution in [0, 0.1) is 35.3 Å². The molecule has 0 atom stereocenters. The fraction of sp³-hybridized carbons (Fsp3) is 0.741. The highest BCUT2D eigenvalue weighted by molar-refractivity contribution is 5.75. The van der Waals surface area contributed by atoms with Gasteiger partial charge in [-0.3, -0.25) is 4.79 Å². The molecule has 1 aromatic carbocycles. The highest BCUT2D eigenvalue weighted by atomic mass is 19.2. The van der Waals surface area contributed by atoms with Crippen molar-refractivity contribution in [3.05, 3.63) is 23.8 Å². The Balaban J connectivity index is 1.45. The van der Waals surface area contributed by atoms with E-state index >= 15 is 0 Å². The standard InChI is InChI=1S/C27H40F2O3/c1-3-5-7-19-8-10-20(11-9-19)21-12-14-22(15-13-21)27(30)32-24-17-16-23(25(28)26(24)29)31-18-6-4-2/h16-17,19-22H,3-15,18H2,1-2H3. The molecule has 32 heavy (non-hydrogen) atoms. The minimum Gasteiger partial charge on any atom is -0.490 e. The normalized spacial score (nSPS) is 26.0. The van der Waals surface area contributed by atoms with Gasteiger partial charge in [0.2, 0.25) is 11.6 Å². The van der Waals surface area contributed by atoms with Crippen molar-refractivity contribution in [3.63, 3.8) is 0 Å². The van der Waals surface area contributed by atoms with Crippen LogP contribution in [-0.2, 0) is 4.79 Å². The van der Waals surface area contributed by atoms with Crippen molar-refractivity contribution in [2.45, 2.75) is 97.3 Å². The number of carbonyl (C=O) groups is 1. The third-order valence-corrected chi connectivity index (χ3v) is 7.61. The maximum absolute atomic E-state index is 14.4. The van der Waals surface area contributed by atoms with Crippen molar-refractivity contribution in [2.24, 2.45) is 23.7 Å². The predicted octanol–water partition coefficient (Wildman–Crippen LogP) is 7.85. The van der Waals surface area contributed by atoms with Crippen molar-refractivity contribution >= 4 is 5.97 Å². The van der Waals surface area contributed by atoms with Gasteiger partial charge in [0.15, 0.2) is 11.5 Å². The highest BCUT2D eigenvalue weighted by Gasteiger charge is 2.34. The maximum Gasteiger partial charge on any atom is 0.314 e. The molecule has 0 heterocycles. The molecule has 0 N–H and O–H groups in total. The van der Waals surface area contributed by atoms with Crippen LogP contribution in [-0.4, -0.2) is 12.6 Å². The molecule has 2 saturated carbocycles. The Labute approximate surface area is 192 Å². The third-order valence-electron chi connectivity index (χ3n) is 7.61. The van der Waals surface area contributed by atoms with Gasteiger partial charge in [0, 0.05) is 0 Å². The van der Waals surface area contributed by atoms with Gasteiger partial charge in [-0.05, 0) is 74.8 Å². The average molecular weight is 451 g/mol. The van der Waals surface area contributed by atoms with E-state index in [0.29, 0.717) is 12.5 Å². The zero-order valence-corrected chi connectivity index (χ0v) is 19.8. The summed E-state index contributed by atoms with van der Waals surface area (Å²) in [6.45, 7) is 4.59. The van der Waals surface area contributed by atoms with Crippen LogP contribution in [0.3, 0.4) is 0 Å². The first-order chi connectivity index (χ1) is 15.5. The van der Waals surface area contributed by atoms with Crippen molar-refractivity contribution in [1.29, 1.82) is 0 Å². The van der Waals surface area contributed by atoms with Crippen LogP contribution >= 0.6 is 0 Å². The van der Waals surface area contributed by atoms with Gasteiger partial charge >= 0.3 is 5.97 Å². The van der Waals surface area contributed by atoms with Crippen LogP contribution in [0.4, 0.5) is 8.78 Å². The van der Waals surface area contributed by atoms with Crippen LogP contribution in [0.1, 0.15) is 97.3 Å². The van der Waals surface area contributed by atoms with Gasteiger partial charge in [-0.1, -0.05) is 52.4 Å². The number of hydrogen-bond acceptors (Lipinski definition) is 3. The zero-order chi connectivity index (χ0) is 22.9. The lowest BCUT2D eigenvalue weighted by atomic mass is 9.68. The Morgan fingerprint density at radius 2 is 1.41 bits per heavy atom. The second-order valence-corrected chi connectivity index (χ2v) is 9.85. The van der Waals surface area contributed by atoms with Crippen LogP contribution in [0.25, 0.3) is 0 Å². The summed E-state index contributed by atoms with van der Waals surface area (Å²) in [6, 6.07) is 2.63. The van der Waals surface area contributed by atoms with E-state index < -0.39 is 17.6 Å². The third kappa shape index (κ3) is 6.68. The van der Waals surface area contributed by atoms with E-state index in [4.69, 9.17) is 9.47 Å². The quantitative estimate of drug-likeness (QED) is 0.207. The van der Waals surface area contributed by atoms with Crippen molar-refractivity contribution < 1.29 is 23.0 Å². The van der Waals surface area contributed by atoms with Gasteiger partial charge in [0.05, 0.1) is 12.5 Å². The summed E-state index contributed by atoms with van der Waals surface area (Å²) >= 11 is 0. The molecule has 0 unspecified atom stereocenters. The summed E-state index contributed by atoms with van der Waals surface area (Å²) in [4.78, 5) is 12.6. The molecule has 5 heteroatoms. The van der Waals surface area contributed by atoms with Crippen LogP contribution in [0.2, 0.25) is 0 Å². The fourth-order valence-electron chi connectivity index (χ4n) is 5.49. The minimum absolute atomic E-state index is 0.138. The fourth-order valence-corrected chi connectivity index (χ4v) is 5.49. The van der Waals surface area contributed by atoms with Crippen LogP contribution in [0.5, 0.6) is 11.5 Å². The number of esters is 1. The maximum atomic E-state index is 14.4. The van der Waals surface area contributed by atoms with E-state index in [2.05, 4.69) is 6.92 Å². The predicted molar refractivity (Wildman–Crippen MR) is 123 cm³/mol. The lowest BCUT2D eigenvalue weighted by Gasteiger charge is -2.37. The second-order valence-electron chi connectivity index (χ2n) is 9.85. The Hall–Kier alpha value is -1.65. The SMILES string of the molecule is CCCCOc1ccc(OC(=O)C2CCC(C3CCC(CCCC)CC3)CC2)c(F)c1F. The lowest BCUT2D eigenvalue weighted by Crippen LogP contribution is -2.30. The van der Waals surface area contributed by atoms with E-state index in [0.717, 1.165) is 50.4 Å². The van der Waals surface area contributed by atoms with Gasteiger partial charge in [-0.25, -0.2) is 0 Å². The molecule has 2 fully saturated rings. The van der Waals surface area contributed by atoms with E-state index in [9.17, 15) is 13.6 Å². The van der Waals surface area contributed by atoms with E-state index in [1.54, 1.807) is 0 Å². The van der Waals surface area contributed by atoms with Gasteiger partial charge in [-0.2, -0.15) is 8.78 Å². The Morgan fingerprint density at radius 3 is 2.03 bits per heavy atom. The summed E-state index contributed by atoms with van der Waals surface area (Å²) in [5.41, 5.74) is 0. The number of carbonyl (C=O) groups excluding carboxylic acids is 1. The molecule has 0 saturated heterocycles. The Morgan fingerprint density at radius 1 is 0.844 bits per heavy atom. The van der Waals surface area contributed by atoms with E-state index in [1.165, 1.54) is 57.1 Å². The molecule has 2 aliphatic rings. The molecule has 180 valence electrons. The summed E-state index contributed by atoms with van der Waals surface area (Å²) in [5, 5.41) is 0. The first-order valence-electron chi connectivity index (χ1n) is 12.9. The second kappa shape index (κ2) is 12.6. The monoisotopic (exact) mass is 450 g/mol. The van der Waals surface area contributed by atoms with E-state index in [1.807, 2.05) is 6.92 Å². The van der Waals surface area contributed by atoms with Gasteiger partial charge in [-0.15, -0.1) is 0 Å². The Kier molecular flexibility index (Phi) is 9.80. The first kappa shape index (κ1) is 25.0. The van der Waals surface area contributed by atoms with Gasteiger partial charge in [0.25, 0.3) is 0 Å². The number of ether oxygens (including phenoxy) is 2. The molecule has 0 bridgehead atoms. The minimum atomic E-state index is -1.15. The molecule has 0 radical (unpaired) electrons. The topological polar surface area (TPSA) is 35.5 Å². The molecule has 3 rings (SSSR count). The summed E-state index contributed by atoms with van der Waals surface area (Å²) < 4.78 is 39.2. The van der Waals surface area contributed by atoms with Crippen molar-refractivity contribution in [3.8, 4) is 11.5 Å². The van der Waals surface area contributed by atoms with Crippen LogP contribution in [0.15, 0.2) is 12.1 Å². The molecule has 0 amide bonds. The number of unbranched alkanes of at least 4 members (excludes halogenated alkanes) is 2. The summed E-state index contributed by atoms with van der Waals surface area (Å²) in [6.07, 6.45) is 14.7. The first-order valence-corrected chi connectivity index (χ1v) is 12.9. The van der Waals surface area contributed by atoms with Gasteiger partial charge in [0.1, 0.15) is 0 Å². The number of hydrogen-bond donors (Lipinski definition) is 0. The smallest absolute Gasteiger partial charge is 0.314 e. The zero-order valence-electron chi connectivity index (χ0n) is 19.8. The lowest BCUT2D eigenvalue weighted by molar-refractivity contribution is -0.140. The van der Waals surface area contributed by atoms with Crippen molar-refractivity contribution in [1.82, 2.24) is 0 Å². The molecular formula is C27H40F2O3. The molecular weight excluding hydrogens is 410 g/mol. The number of benzene rings is 1. The highest BCUT2D eigenvalue weighted by Crippen LogP contribution is 2.42. The van der Waals surface area contributed by atoms with Crippen LogP contribution < -0.4 is 9.47 Å². The molecule has 1 aromatic rings. The van der Waals surface area contributed by atoms with Gasteiger partial charge < -0.3 is 9.47 Å². The molecule has 2 aliphatic carbocycles. The summed E-state index contributed by atoms with van der Waals surface area (Å²) in [5.74, 6) is -0.999. The Bertz CT molecular complexity index is 720. The number of halogens is 2. The molecule has 0 spiro atoms. The van der Waals surface area contributed by atoms with E-state index in [-0.39, 0.29) is 17.4 Å². The molecule has 3 nitrogen and oxygen atoms in total. The number of rotatable bonds is 10. The van der Waals surface area contributed by atoms with Crippen molar-refractivity contribution in [2.75, 3.05) is 6.61 Å². The molecule has 0 aromatic heterocycles.